The molecule has 1 atom stereocenters. The van der Waals surface area contributed by atoms with Crippen LogP contribution in [0, 0.1) is 10.1 Å². The summed E-state index contributed by atoms with van der Waals surface area (Å²) in [7, 11) is 0. The molecule has 1 aromatic rings. The summed E-state index contributed by atoms with van der Waals surface area (Å²) in [6.07, 6.45) is 0. The van der Waals surface area contributed by atoms with Gasteiger partial charge in [-0.05, 0) is 11.6 Å². The van der Waals surface area contributed by atoms with Gasteiger partial charge in [-0.1, -0.05) is 6.07 Å². The summed E-state index contributed by atoms with van der Waals surface area (Å²) in [6, 6.07) is 4.67. The predicted molar refractivity (Wildman–Crippen MR) is 45.5 cm³/mol. The van der Waals surface area contributed by atoms with E-state index in [2.05, 4.69) is 5.32 Å². The van der Waals surface area contributed by atoms with Gasteiger partial charge in [0.25, 0.3) is 0 Å². The minimum absolute atomic E-state index is 0.246. The molecule has 2 N–H and O–H groups in total. The number of nitro benzene ring substituents is 1. The molecule has 0 amide bonds. The van der Waals surface area contributed by atoms with Crippen molar-refractivity contribution in [2.24, 2.45) is 0 Å². The van der Waals surface area contributed by atoms with E-state index in [1.54, 1.807) is 6.07 Å². The van der Waals surface area contributed by atoms with Crippen molar-refractivity contribution in [3.05, 3.63) is 33.9 Å². The van der Waals surface area contributed by atoms with E-state index in [1.165, 1.54) is 12.1 Å². The standard InChI is InChI=1S/C8H8N2O3/c11-8-3-5(6-4-9-6)1-2-7(8)10(12)13/h1-3,6,9,11H,4H2/t6-/m1/s1. The van der Waals surface area contributed by atoms with Gasteiger partial charge in [-0.25, -0.2) is 0 Å². The predicted octanol–water partition coefficient (Wildman–Crippen LogP) is 0.945. The number of nitrogens with zero attached hydrogens (tertiary/aromatic N) is 1. The van der Waals surface area contributed by atoms with Crippen molar-refractivity contribution >= 4 is 5.69 Å². The fraction of sp³-hybridized carbons (Fsp3) is 0.250. The van der Waals surface area contributed by atoms with Crippen LogP contribution in [0.5, 0.6) is 5.75 Å². The number of phenolic OH excluding ortho intramolecular Hbond substituents is 1. The molecular formula is C8H8N2O3. The Labute approximate surface area is 74.2 Å². The molecule has 2 rings (SSSR count). The third kappa shape index (κ3) is 1.46. The Morgan fingerprint density at radius 2 is 2.31 bits per heavy atom. The van der Waals surface area contributed by atoms with E-state index >= 15 is 0 Å². The zero-order chi connectivity index (χ0) is 9.42. The first kappa shape index (κ1) is 8.00. The van der Waals surface area contributed by atoms with Crippen LogP contribution in [0.1, 0.15) is 11.6 Å². The molecule has 1 saturated heterocycles. The van der Waals surface area contributed by atoms with Crippen molar-refractivity contribution in [2.45, 2.75) is 6.04 Å². The highest BCUT2D eigenvalue weighted by Crippen LogP contribution is 2.31. The Kier molecular flexibility index (Phi) is 1.66. The largest absolute Gasteiger partial charge is 0.502 e. The van der Waals surface area contributed by atoms with Crippen LogP contribution >= 0.6 is 0 Å². The van der Waals surface area contributed by atoms with Gasteiger partial charge in [0.15, 0.2) is 5.75 Å². The molecule has 5 nitrogen and oxygen atoms in total. The summed E-state index contributed by atoms with van der Waals surface area (Å²) >= 11 is 0. The van der Waals surface area contributed by atoms with Crippen LogP contribution in [0.15, 0.2) is 18.2 Å². The van der Waals surface area contributed by atoms with E-state index in [0.717, 1.165) is 12.1 Å². The second-order valence-corrected chi connectivity index (χ2v) is 2.97. The number of nitrogens with one attached hydrogen (secondary N) is 1. The lowest BCUT2D eigenvalue weighted by atomic mass is 10.1. The molecule has 0 saturated carbocycles. The lowest BCUT2D eigenvalue weighted by Crippen LogP contribution is -1.90. The van der Waals surface area contributed by atoms with Gasteiger partial charge in [0.05, 0.1) is 4.92 Å². The minimum Gasteiger partial charge on any atom is -0.502 e. The second-order valence-electron chi connectivity index (χ2n) is 2.97. The monoisotopic (exact) mass is 180 g/mol. The summed E-state index contributed by atoms with van der Waals surface area (Å²) in [5, 5.41) is 22.7. The Morgan fingerprint density at radius 1 is 1.62 bits per heavy atom. The van der Waals surface area contributed by atoms with Crippen LogP contribution in [0.3, 0.4) is 0 Å². The zero-order valence-electron chi connectivity index (χ0n) is 6.73. The quantitative estimate of drug-likeness (QED) is 0.403. The maximum absolute atomic E-state index is 10.3. The van der Waals surface area contributed by atoms with Gasteiger partial charge in [-0.3, -0.25) is 10.1 Å². The second kappa shape index (κ2) is 2.70. The number of hydrogen-bond donors (Lipinski definition) is 2. The van der Waals surface area contributed by atoms with Gasteiger partial charge in [0.2, 0.25) is 0 Å². The smallest absolute Gasteiger partial charge is 0.310 e. The lowest BCUT2D eigenvalue weighted by molar-refractivity contribution is -0.385. The number of hydrogen-bond acceptors (Lipinski definition) is 4. The van der Waals surface area contributed by atoms with Crippen molar-refractivity contribution < 1.29 is 10.0 Å². The van der Waals surface area contributed by atoms with Crippen LogP contribution in [0.25, 0.3) is 0 Å². The number of aromatic hydroxyl groups is 1. The van der Waals surface area contributed by atoms with Gasteiger partial charge in [0.1, 0.15) is 0 Å². The van der Waals surface area contributed by atoms with Gasteiger partial charge >= 0.3 is 5.69 Å². The van der Waals surface area contributed by atoms with E-state index in [9.17, 15) is 15.2 Å². The molecule has 1 aromatic carbocycles. The molecule has 0 spiro atoms. The Hall–Kier alpha value is -1.62. The fourth-order valence-corrected chi connectivity index (χ4v) is 1.21. The van der Waals surface area contributed by atoms with Crippen LogP contribution < -0.4 is 5.32 Å². The van der Waals surface area contributed by atoms with Crippen LogP contribution in [-0.4, -0.2) is 16.6 Å². The summed E-state index contributed by atoms with van der Waals surface area (Å²) in [6.45, 7) is 0.872. The average Bonchev–Trinajstić information content (AvgIpc) is 2.85. The highest BCUT2D eigenvalue weighted by atomic mass is 16.6. The normalized spacial score (nSPS) is 19.8. The molecule has 1 aliphatic rings. The Balaban J connectivity index is 2.36. The Morgan fingerprint density at radius 3 is 2.77 bits per heavy atom. The molecule has 1 heterocycles. The SMILES string of the molecule is O=[N+]([O-])c1ccc([C@H]2CN2)cc1O. The van der Waals surface area contributed by atoms with Gasteiger partial charge < -0.3 is 10.4 Å². The van der Waals surface area contributed by atoms with Crippen LogP contribution in [0.2, 0.25) is 0 Å². The fourth-order valence-electron chi connectivity index (χ4n) is 1.21. The lowest BCUT2D eigenvalue weighted by Gasteiger charge is -1.98. The maximum atomic E-state index is 10.3. The van der Waals surface area contributed by atoms with Crippen LogP contribution in [-0.2, 0) is 0 Å². The molecule has 1 fully saturated rings. The van der Waals surface area contributed by atoms with Gasteiger partial charge in [0, 0.05) is 18.7 Å². The average molecular weight is 180 g/mol. The first-order valence-electron chi connectivity index (χ1n) is 3.89. The van der Waals surface area contributed by atoms with Crippen molar-refractivity contribution in [3.63, 3.8) is 0 Å². The number of phenols is 1. The molecule has 0 unspecified atom stereocenters. The van der Waals surface area contributed by atoms with E-state index in [1.807, 2.05) is 0 Å². The highest BCUT2D eigenvalue weighted by Gasteiger charge is 2.24. The number of rotatable bonds is 2. The third-order valence-electron chi connectivity index (χ3n) is 2.01. The van der Waals surface area contributed by atoms with E-state index in [4.69, 9.17) is 0 Å². The number of benzene rings is 1. The molecule has 0 bridgehead atoms. The first-order valence-corrected chi connectivity index (χ1v) is 3.89. The van der Waals surface area contributed by atoms with E-state index < -0.39 is 4.92 Å². The van der Waals surface area contributed by atoms with Crippen molar-refractivity contribution in [2.75, 3.05) is 6.54 Å². The summed E-state index contributed by atoms with van der Waals surface area (Å²) in [5.41, 5.74) is 0.646. The highest BCUT2D eigenvalue weighted by molar-refractivity contribution is 5.48. The molecule has 0 aliphatic carbocycles. The summed E-state index contributed by atoms with van der Waals surface area (Å²) in [4.78, 5) is 9.75. The van der Waals surface area contributed by atoms with Crippen LogP contribution in [0.4, 0.5) is 5.69 Å². The molecular weight excluding hydrogens is 172 g/mol. The zero-order valence-corrected chi connectivity index (χ0v) is 6.73. The molecule has 0 aromatic heterocycles. The molecule has 5 heteroatoms. The molecule has 0 radical (unpaired) electrons. The van der Waals surface area contributed by atoms with Crippen molar-refractivity contribution in [1.29, 1.82) is 0 Å². The summed E-state index contributed by atoms with van der Waals surface area (Å²) in [5.74, 6) is -0.267. The Bertz CT molecular complexity index is 360. The number of nitro groups is 1. The summed E-state index contributed by atoms with van der Waals surface area (Å²) < 4.78 is 0. The van der Waals surface area contributed by atoms with Crippen molar-refractivity contribution in [1.82, 2.24) is 5.32 Å². The topological polar surface area (TPSA) is 85.3 Å². The van der Waals surface area contributed by atoms with Crippen molar-refractivity contribution in [3.8, 4) is 5.75 Å². The third-order valence-corrected chi connectivity index (χ3v) is 2.01. The van der Waals surface area contributed by atoms with Gasteiger partial charge in [-0.2, -0.15) is 0 Å². The molecule has 13 heavy (non-hydrogen) atoms. The molecule has 68 valence electrons. The van der Waals surface area contributed by atoms with Gasteiger partial charge in [-0.15, -0.1) is 0 Å². The minimum atomic E-state index is -0.598. The van der Waals surface area contributed by atoms with E-state index in [0.29, 0.717) is 0 Å². The maximum Gasteiger partial charge on any atom is 0.310 e. The molecule has 1 aliphatic heterocycles. The van der Waals surface area contributed by atoms with E-state index in [-0.39, 0.29) is 17.5 Å². The first-order chi connectivity index (χ1) is 6.18.